The summed E-state index contributed by atoms with van der Waals surface area (Å²) in [6, 6.07) is 90.1. The van der Waals surface area contributed by atoms with Crippen LogP contribution in [0.4, 0.5) is 0 Å². The third-order valence-corrected chi connectivity index (χ3v) is 24.5. The monoisotopic (exact) mass is 2150 g/mol. The molecule has 0 saturated carbocycles. The van der Waals surface area contributed by atoms with Gasteiger partial charge in [-0.15, -0.1) is 12.1 Å². The molecule has 0 aliphatic heterocycles. The second-order valence-corrected chi connectivity index (χ2v) is 54.6. The molecule has 126 heavy (non-hydrogen) atoms. The smallest absolute Gasteiger partial charge is 2.00 e. The number of nitrogens with zero attached hydrogens (tertiary/aromatic N) is 8. The number of ether oxygens (including phenoxy) is 2. The maximum absolute atomic E-state index is 6.83. The van der Waals surface area contributed by atoms with Gasteiger partial charge in [0.25, 0.3) is 0 Å². The summed E-state index contributed by atoms with van der Waals surface area (Å²) in [6.07, 6.45) is 8.24. The van der Waals surface area contributed by atoms with Crippen LogP contribution >= 0.6 is 37.7 Å². The number of fused-ring (bicyclic) bond motifs is 24. The molecule has 0 N–H and O–H groups in total. The molecule has 20 rings (SSSR count). The van der Waals surface area contributed by atoms with Crippen LogP contribution in [0.1, 0.15) is 203 Å². The van der Waals surface area contributed by atoms with Crippen molar-refractivity contribution in [1.82, 2.24) is 37.5 Å². The number of hydrogen-bond acceptors (Lipinski definition) is 6. The molecule has 0 atom stereocenters. The molecule has 632 valence electrons. The van der Waals surface area contributed by atoms with E-state index in [1.807, 2.05) is 24.5 Å². The summed E-state index contributed by atoms with van der Waals surface area (Å²) in [6.45, 7) is 36.4. The number of pyridine rings is 4. The number of halogens is 4. The molecule has 0 spiro atoms. The number of para-hydroxylation sites is 4. The molecule has 0 fully saturated rings. The van der Waals surface area contributed by atoms with Crippen LogP contribution in [0.3, 0.4) is 0 Å². The van der Waals surface area contributed by atoms with E-state index in [0.29, 0.717) is 58.8 Å². The molecule has 8 aromatic heterocycles. The topological polar surface area (TPSA) is 87.7 Å². The first-order valence-electron chi connectivity index (χ1n) is 43.7. The fourth-order valence-corrected chi connectivity index (χ4v) is 18.9. The first kappa shape index (κ1) is 92.2. The molecular formula is C108H98Cl4K2N8O2Pt2. The van der Waals surface area contributed by atoms with E-state index in [-0.39, 0.29) is 21.1 Å². The minimum absolute atomic E-state index is 0. The Kier molecular flexibility index (Phi) is 28.1. The fourth-order valence-electron chi connectivity index (χ4n) is 18.9. The number of aromatic nitrogens is 8. The zero-order valence-corrected chi connectivity index (χ0v) is 88.2. The van der Waals surface area contributed by atoms with Crippen LogP contribution in [0.25, 0.3) is 154 Å². The van der Waals surface area contributed by atoms with Gasteiger partial charge in [-0.2, -0.15) is 0 Å². The Bertz CT molecular complexity index is 6600. The third kappa shape index (κ3) is 17.3. The van der Waals surface area contributed by atoms with E-state index in [0.717, 1.165) is 133 Å². The van der Waals surface area contributed by atoms with Crippen molar-refractivity contribution in [3.05, 3.63) is 312 Å². The predicted molar refractivity (Wildman–Crippen MR) is 528 cm³/mol. The summed E-state index contributed by atoms with van der Waals surface area (Å²) in [7, 11) is 20.0. The molecule has 10 nitrogen and oxygen atoms in total. The quantitative estimate of drug-likeness (QED) is 0.0544. The molecule has 12 aromatic carbocycles. The summed E-state index contributed by atoms with van der Waals surface area (Å²) < 4.78 is 22.9. The van der Waals surface area contributed by atoms with Gasteiger partial charge in [-0.05, 0) is 174 Å². The van der Waals surface area contributed by atoms with Gasteiger partial charge in [0.1, 0.15) is 22.8 Å². The molecular weight excluding hydrogens is 2050 g/mol. The van der Waals surface area contributed by atoms with E-state index >= 15 is 0 Å². The minimum Gasteiger partial charge on any atom is 2.00 e. The van der Waals surface area contributed by atoms with E-state index in [9.17, 15) is 0 Å². The van der Waals surface area contributed by atoms with Crippen molar-refractivity contribution in [2.45, 2.75) is 158 Å². The van der Waals surface area contributed by atoms with Gasteiger partial charge in [0.15, 0.2) is 0 Å². The number of benzene rings is 12. The molecule has 0 aliphatic carbocycles. The van der Waals surface area contributed by atoms with Gasteiger partial charge in [0.2, 0.25) is 0 Å². The van der Waals surface area contributed by atoms with E-state index in [2.05, 4.69) is 371 Å². The van der Waals surface area contributed by atoms with Crippen LogP contribution in [0, 0.1) is 12.1 Å². The van der Waals surface area contributed by atoms with Crippen LogP contribution in [0.15, 0.2) is 255 Å². The summed E-state index contributed by atoms with van der Waals surface area (Å²) >= 11 is -0.556. The molecule has 18 heteroatoms. The zero-order valence-electron chi connectivity index (χ0n) is 74.4. The number of hydrogen-bond donors (Lipinski definition) is 0. The van der Waals surface area contributed by atoms with Crippen molar-refractivity contribution in [3.8, 4) is 68.0 Å². The van der Waals surface area contributed by atoms with Gasteiger partial charge in [-0.1, -0.05) is 302 Å². The second-order valence-electron chi connectivity index (χ2n) is 34.9. The van der Waals surface area contributed by atoms with Crippen LogP contribution < -0.4 is 9.47 Å². The summed E-state index contributed by atoms with van der Waals surface area (Å²) in [5.74, 6) is 5.61. The standard InChI is InChI=1S/C54H50N4O.C54H48N4O.4ClH.2K.2Pt/c2*1-31(2)37-17-13-18-38(32(3)4)51(37)49-29-55-53-45-27-35(23-25-41(45)43-15-9-11-21-47(43)57(49)53)59-36-24-26-42-44-16-10-12-22-48(44)58-50(30-56-54(58)46(42)28-36)52-39(33(5)6)19-14-20-40(52)34(7)8;;;;;;;;/h9-34H,1-8H3;9-26,29-34H,1-8H3;4*1H;;;;/q;-2;;;;;;;+2;+4/p-4. The van der Waals surface area contributed by atoms with Crippen molar-refractivity contribution in [2.75, 3.05) is 0 Å². The van der Waals surface area contributed by atoms with Gasteiger partial charge in [-0.25, -0.2) is 9.97 Å². The van der Waals surface area contributed by atoms with E-state index in [4.69, 9.17) is 67.1 Å². The predicted octanol–water partition coefficient (Wildman–Crippen LogP) is 32.0. The first-order valence-corrected chi connectivity index (χ1v) is 71.0. The molecule has 20 aromatic rings. The maximum Gasteiger partial charge on any atom is 2.00 e. The van der Waals surface area contributed by atoms with Gasteiger partial charge in [0.05, 0.1) is 57.5 Å². The van der Waals surface area contributed by atoms with Gasteiger partial charge >= 0.3 is 134 Å². The Hall–Kier alpha value is -7.11. The molecule has 0 amide bonds. The van der Waals surface area contributed by atoms with Crippen molar-refractivity contribution >= 4 is 210 Å². The summed E-state index contributed by atoms with van der Waals surface area (Å²) in [5, 5.41) is 13.1. The normalized spacial score (nSPS) is 12.2. The van der Waals surface area contributed by atoms with Gasteiger partial charge < -0.3 is 18.3 Å². The Morgan fingerprint density at radius 2 is 0.500 bits per heavy atom. The van der Waals surface area contributed by atoms with E-state index < -0.39 is 11.9 Å². The molecule has 8 heterocycles. The average Bonchev–Trinajstić information content (AvgIpc) is 1.53. The molecule has 0 unspecified atom stereocenters. The van der Waals surface area contributed by atoms with Crippen molar-refractivity contribution in [1.29, 1.82) is 0 Å². The molecule has 0 aliphatic rings. The van der Waals surface area contributed by atoms with Crippen LogP contribution in [-0.4, -0.2) is 101 Å². The van der Waals surface area contributed by atoms with E-state index in [1.165, 1.54) is 141 Å². The van der Waals surface area contributed by atoms with Gasteiger partial charge in [-0.3, -0.25) is 18.8 Å². The SMILES string of the molecule is CC(C)c1cccc(C(C)C)c1-c1cnc2c3[c-]c(Oc4[c-]c5c(cc4)c4ccccc4n4c(-c6c(C(C)C)cccc6C(C)C)cnc54)ccc3c3ccccc3n12.CC(C)c1cccc(C(C)C)c1-c1cnc2c3cc(Oc4ccc5c6ccccc6n6c(-c7c(C(C)C)cccc7C(C)C)cnc6c5c4)ccc3c3ccccc3n12.[Cl][Pt]([Cl])([Cl])[Cl].[K][K].[Pt+2]. The van der Waals surface area contributed by atoms with Crippen molar-refractivity contribution in [3.63, 3.8) is 0 Å². The maximum atomic E-state index is 6.83. The van der Waals surface area contributed by atoms with Crippen molar-refractivity contribution < 1.29 is 42.4 Å². The average molecular weight is 2150 g/mol. The second kappa shape index (κ2) is 38.4. The summed E-state index contributed by atoms with van der Waals surface area (Å²) in [4.78, 5) is 20.7. The minimum atomic E-state index is -3.06. The Morgan fingerprint density at radius 3 is 0.762 bits per heavy atom. The summed E-state index contributed by atoms with van der Waals surface area (Å²) in [5.41, 5.74) is 28.3. The van der Waals surface area contributed by atoms with Gasteiger partial charge in [0, 0.05) is 78.7 Å². The van der Waals surface area contributed by atoms with E-state index in [1.54, 1.807) is 0 Å². The van der Waals surface area contributed by atoms with Crippen LogP contribution in [-0.2, 0) is 33.0 Å². The molecule has 0 radical (unpaired) electrons. The zero-order chi connectivity index (χ0) is 87.9. The van der Waals surface area contributed by atoms with Crippen molar-refractivity contribution in [2.24, 2.45) is 0 Å². The Morgan fingerprint density at radius 1 is 0.270 bits per heavy atom. The Labute approximate surface area is 816 Å². The number of rotatable bonds is 16. The fraction of sp³-hybridized carbons (Fsp3) is 0.222. The molecule has 0 bridgehead atoms. The third-order valence-electron chi connectivity index (χ3n) is 24.5. The van der Waals surface area contributed by atoms with Crippen LogP contribution in [0.2, 0.25) is 0 Å². The molecule has 0 saturated heterocycles. The first-order chi connectivity index (χ1) is 60.2. The largest absolute Gasteiger partial charge is 2.00 e. The number of imidazole rings is 4. The Balaban J connectivity index is 0.000000172. The van der Waals surface area contributed by atoms with Crippen LogP contribution in [0.5, 0.6) is 23.0 Å².